The summed E-state index contributed by atoms with van der Waals surface area (Å²) in [6, 6.07) is 3.73. The molecule has 27 heavy (non-hydrogen) atoms. The van der Waals surface area contributed by atoms with E-state index in [1.807, 2.05) is 6.26 Å². The Morgan fingerprint density at radius 1 is 1.48 bits per heavy atom. The molecule has 1 heterocycles. The second-order valence-corrected chi connectivity index (χ2v) is 6.76. The van der Waals surface area contributed by atoms with Gasteiger partial charge in [-0.05, 0) is 37.0 Å². The minimum Gasteiger partial charge on any atom is -0.406 e. The van der Waals surface area contributed by atoms with Gasteiger partial charge in [0, 0.05) is 18.3 Å². The van der Waals surface area contributed by atoms with Gasteiger partial charge in [-0.3, -0.25) is 9.59 Å². The van der Waals surface area contributed by atoms with E-state index in [9.17, 15) is 22.8 Å². The lowest BCUT2D eigenvalue weighted by atomic mass is 10.2. The van der Waals surface area contributed by atoms with Gasteiger partial charge in [-0.1, -0.05) is 6.07 Å². The zero-order chi connectivity index (χ0) is 19.3. The highest BCUT2D eigenvalue weighted by atomic mass is 35.5. The molecule has 1 fully saturated rings. The molecule has 2 atom stereocenters. The number of ether oxygens (including phenoxy) is 1. The lowest BCUT2D eigenvalue weighted by Crippen LogP contribution is -2.48. The molecule has 0 spiro atoms. The number of amides is 2. The Hall–Kier alpha value is -1.65. The first kappa shape index (κ1) is 23.4. The molecular formula is C16H21ClF3N3O3S. The van der Waals surface area contributed by atoms with Gasteiger partial charge in [0.1, 0.15) is 11.8 Å². The highest BCUT2D eigenvalue weighted by molar-refractivity contribution is 7.98. The molecular weight excluding hydrogens is 407 g/mol. The van der Waals surface area contributed by atoms with Crippen molar-refractivity contribution in [1.82, 2.24) is 5.32 Å². The molecule has 11 heteroatoms. The van der Waals surface area contributed by atoms with Crippen molar-refractivity contribution < 1.29 is 27.5 Å². The first-order chi connectivity index (χ1) is 12.2. The summed E-state index contributed by atoms with van der Waals surface area (Å²) < 4.78 is 40.9. The molecule has 1 aliphatic rings. The molecule has 1 saturated heterocycles. The standard InChI is InChI=1S/C16H20F3N3O3S.ClH/c1-26-8-6-12(20)14(23)21-13-5-7-22(15(13)24)10-3-2-4-11(9-10)25-16(17,18)19;/h2-4,9,12-13H,5-8,20H2,1H3,(H,21,23);1H/t12-,13?;/m0./s1. The molecule has 1 aromatic rings. The van der Waals surface area contributed by atoms with Gasteiger partial charge in [-0.25, -0.2) is 0 Å². The van der Waals surface area contributed by atoms with E-state index in [1.54, 1.807) is 11.8 Å². The second-order valence-electron chi connectivity index (χ2n) is 5.77. The Labute approximate surface area is 165 Å². The van der Waals surface area contributed by atoms with Crippen LogP contribution >= 0.6 is 24.2 Å². The summed E-state index contributed by atoms with van der Waals surface area (Å²) in [4.78, 5) is 25.8. The molecule has 3 N–H and O–H groups in total. The van der Waals surface area contributed by atoms with Crippen molar-refractivity contribution in [2.75, 3.05) is 23.5 Å². The lowest BCUT2D eigenvalue weighted by Gasteiger charge is -2.19. The predicted molar refractivity (Wildman–Crippen MR) is 100 cm³/mol. The largest absolute Gasteiger partial charge is 0.573 e. The maximum Gasteiger partial charge on any atom is 0.573 e. The molecule has 0 radical (unpaired) electrons. The number of carbonyl (C=O) groups is 2. The molecule has 0 aliphatic carbocycles. The average molecular weight is 428 g/mol. The summed E-state index contributed by atoms with van der Waals surface area (Å²) in [5.74, 6) is -0.479. The molecule has 0 saturated carbocycles. The number of anilines is 1. The predicted octanol–water partition coefficient (Wildman–Crippen LogP) is 2.31. The fourth-order valence-corrected chi connectivity index (χ4v) is 3.06. The van der Waals surface area contributed by atoms with Crippen LogP contribution in [0, 0.1) is 0 Å². The molecule has 152 valence electrons. The summed E-state index contributed by atoms with van der Waals surface area (Å²) in [5.41, 5.74) is 6.06. The van der Waals surface area contributed by atoms with Crippen LogP contribution in [0.3, 0.4) is 0 Å². The minimum absolute atomic E-state index is 0. The number of alkyl halides is 3. The normalized spacial score (nSPS) is 18.0. The SMILES string of the molecule is CSCC[C@H](N)C(=O)NC1CCN(c2cccc(OC(F)(F)F)c2)C1=O.Cl. The van der Waals surface area contributed by atoms with Crippen LogP contribution in [-0.2, 0) is 9.59 Å². The van der Waals surface area contributed by atoms with E-state index in [1.165, 1.54) is 17.0 Å². The zero-order valence-corrected chi connectivity index (χ0v) is 16.1. The Balaban J connectivity index is 0.00000364. The quantitative estimate of drug-likeness (QED) is 0.697. The number of thioether (sulfide) groups is 1. The van der Waals surface area contributed by atoms with Crippen molar-refractivity contribution in [1.29, 1.82) is 0 Å². The van der Waals surface area contributed by atoms with Gasteiger partial charge in [0.25, 0.3) is 0 Å². The highest BCUT2D eigenvalue weighted by Crippen LogP contribution is 2.29. The smallest absolute Gasteiger partial charge is 0.406 e. The Morgan fingerprint density at radius 3 is 2.81 bits per heavy atom. The molecule has 1 aromatic carbocycles. The van der Waals surface area contributed by atoms with Gasteiger partial charge in [-0.15, -0.1) is 25.6 Å². The third-order valence-corrected chi connectivity index (χ3v) is 4.50. The molecule has 1 aliphatic heterocycles. The summed E-state index contributed by atoms with van der Waals surface area (Å²) in [6.45, 7) is 0.277. The van der Waals surface area contributed by atoms with E-state index in [2.05, 4.69) is 10.1 Å². The topological polar surface area (TPSA) is 84.7 Å². The number of carbonyl (C=O) groups excluding carboxylic acids is 2. The van der Waals surface area contributed by atoms with E-state index in [0.717, 1.165) is 17.9 Å². The highest BCUT2D eigenvalue weighted by Gasteiger charge is 2.35. The second kappa shape index (κ2) is 10.0. The number of hydrogen-bond acceptors (Lipinski definition) is 5. The van der Waals surface area contributed by atoms with Crippen molar-refractivity contribution in [3.63, 3.8) is 0 Å². The Morgan fingerprint density at radius 2 is 2.19 bits per heavy atom. The van der Waals surface area contributed by atoms with E-state index < -0.39 is 30.1 Å². The van der Waals surface area contributed by atoms with E-state index in [0.29, 0.717) is 12.8 Å². The maximum absolute atomic E-state index is 12.5. The number of rotatable bonds is 7. The number of nitrogens with two attached hydrogens (primary N) is 1. The lowest BCUT2D eigenvalue weighted by molar-refractivity contribution is -0.274. The number of nitrogens with zero attached hydrogens (tertiary/aromatic N) is 1. The Bertz CT molecular complexity index is 663. The Kier molecular flexibility index (Phi) is 8.70. The first-order valence-corrected chi connectivity index (χ1v) is 9.32. The van der Waals surface area contributed by atoms with Crippen LogP contribution < -0.4 is 20.7 Å². The van der Waals surface area contributed by atoms with Crippen molar-refractivity contribution >= 4 is 41.7 Å². The molecule has 0 aromatic heterocycles. The molecule has 1 unspecified atom stereocenters. The molecule has 2 amide bonds. The number of benzene rings is 1. The van der Waals surface area contributed by atoms with Crippen LogP contribution in [0.2, 0.25) is 0 Å². The molecule has 0 bridgehead atoms. The summed E-state index contributed by atoms with van der Waals surface area (Å²) in [5, 5.41) is 2.61. The zero-order valence-electron chi connectivity index (χ0n) is 14.5. The van der Waals surface area contributed by atoms with Gasteiger partial charge >= 0.3 is 6.36 Å². The van der Waals surface area contributed by atoms with Crippen LogP contribution in [0.1, 0.15) is 12.8 Å². The van der Waals surface area contributed by atoms with Gasteiger partial charge in [0.15, 0.2) is 0 Å². The minimum atomic E-state index is -4.81. The monoisotopic (exact) mass is 427 g/mol. The number of halogens is 4. The van der Waals surface area contributed by atoms with Crippen LogP contribution in [0.4, 0.5) is 18.9 Å². The average Bonchev–Trinajstić information content (AvgIpc) is 2.92. The third-order valence-electron chi connectivity index (χ3n) is 3.85. The van der Waals surface area contributed by atoms with E-state index >= 15 is 0 Å². The van der Waals surface area contributed by atoms with Crippen molar-refractivity contribution in [3.8, 4) is 5.75 Å². The molecule has 6 nitrogen and oxygen atoms in total. The van der Waals surface area contributed by atoms with E-state index in [4.69, 9.17) is 5.73 Å². The van der Waals surface area contributed by atoms with Crippen LogP contribution in [0.5, 0.6) is 5.75 Å². The van der Waals surface area contributed by atoms with Gasteiger partial charge in [0.2, 0.25) is 11.8 Å². The fourth-order valence-electron chi connectivity index (χ4n) is 2.57. The number of hydrogen-bond donors (Lipinski definition) is 2. The van der Waals surface area contributed by atoms with Crippen molar-refractivity contribution in [2.24, 2.45) is 5.73 Å². The van der Waals surface area contributed by atoms with Crippen molar-refractivity contribution in [2.45, 2.75) is 31.3 Å². The van der Waals surface area contributed by atoms with Crippen molar-refractivity contribution in [3.05, 3.63) is 24.3 Å². The molecule has 2 rings (SSSR count). The third kappa shape index (κ3) is 6.78. The van der Waals surface area contributed by atoms with Crippen LogP contribution in [0.15, 0.2) is 24.3 Å². The first-order valence-electron chi connectivity index (χ1n) is 7.93. The van der Waals surface area contributed by atoms with Crippen LogP contribution in [0.25, 0.3) is 0 Å². The van der Waals surface area contributed by atoms with Gasteiger partial charge < -0.3 is 20.7 Å². The van der Waals surface area contributed by atoms with Gasteiger partial charge in [-0.2, -0.15) is 11.8 Å². The van der Waals surface area contributed by atoms with E-state index in [-0.39, 0.29) is 30.5 Å². The van der Waals surface area contributed by atoms with Gasteiger partial charge in [0.05, 0.1) is 6.04 Å². The van der Waals surface area contributed by atoms with Crippen LogP contribution in [-0.4, -0.2) is 48.8 Å². The fraction of sp³-hybridized carbons (Fsp3) is 0.500. The summed E-state index contributed by atoms with van der Waals surface area (Å²) in [7, 11) is 0. The summed E-state index contributed by atoms with van der Waals surface area (Å²) in [6.07, 6.45) is -2.06. The maximum atomic E-state index is 12.5. The summed E-state index contributed by atoms with van der Waals surface area (Å²) >= 11 is 1.57. The number of nitrogens with one attached hydrogen (secondary N) is 1.